The SMILES string of the molecule is CCCC(CBr)(CCC)CN1Cc2ccccc2C1. The third-order valence-electron chi connectivity index (χ3n) is 4.31. The number of halogens is 1. The Kier molecular flexibility index (Phi) is 5.47. The lowest BCUT2D eigenvalue weighted by molar-refractivity contribution is 0.147. The number of fused-ring (bicyclic) bond motifs is 1. The van der Waals surface area contributed by atoms with Crippen LogP contribution in [-0.4, -0.2) is 16.8 Å². The van der Waals surface area contributed by atoms with Crippen molar-refractivity contribution < 1.29 is 0 Å². The number of benzene rings is 1. The molecule has 0 saturated heterocycles. The lowest BCUT2D eigenvalue weighted by Gasteiger charge is -2.35. The van der Waals surface area contributed by atoms with Crippen molar-refractivity contribution in [2.45, 2.75) is 52.6 Å². The quantitative estimate of drug-likeness (QED) is 0.639. The summed E-state index contributed by atoms with van der Waals surface area (Å²) in [7, 11) is 0. The first-order valence-electron chi connectivity index (χ1n) is 7.58. The second-order valence-electron chi connectivity index (χ2n) is 6.05. The summed E-state index contributed by atoms with van der Waals surface area (Å²) in [4.78, 5) is 2.64. The monoisotopic (exact) mass is 323 g/mol. The lowest BCUT2D eigenvalue weighted by atomic mass is 9.81. The Morgan fingerprint density at radius 1 is 1.05 bits per heavy atom. The van der Waals surface area contributed by atoms with Gasteiger partial charge in [-0.15, -0.1) is 0 Å². The third kappa shape index (κ3) is 3.61. The second-order valence-corrected chi connectivity index (χ2v) is 6.61. The largest absolute Gasteiger partial charge is 0.294 e. The van der Waals surface area contributed by atoms with Crippen molar-refractivity contribution in [1.29, 1.82) is 0 Å². The maximum absolute atomic E-state index is 3.79. The number of hydrogen-bond donors (Lipinski definition) is 0. The Bertz CT molecular complexity index is 371. The Labute approximate surface area is 126 Å². The van der Waals surface area contributed by atoms with Gasteiger partial charge < -0.3 is 0 Å². The fourth-order valence-electron chi connectivity index (χ4n) is 3.51. The fraction of sp³-hybridized carbons (Fsp3) is 0.647. The van der Waals surface area contributed by atoms with Crippen LogP contribution in [0, 0.1) is 5.41 Å². The maximum Gasteiger partial charge on any atom is 0.0240 e. The van der Waals surface area contributed by atoms with Crippen molar-refractivity contribution in [2.24, 2.45) is 5.41 Å². The summed E-state index contributed by atoms with van der Waals surface area (Å²) < 4.78 is 0. The molecule has 19 heavy (non-hydrogen) atoms. The minimum absolute atomic E-state index is 0.464. The molecule has 0 saturated carbocycles. The molecule has 0 unspecified atom stereocenters. The van der Waals surface area contributed by atoms with E-state index < -0.39 is 0 Å². The van der Waals surface area contributed by atoms with E-state index in [1.807, 2.05) is 0 Å². The normalized spacial score (nSPS) is 15.7. The molecule has 1 aromatic rings. The van der Waals surface area contributed by atoms with Crippen LogP contribution in [0.1, 0.15) is 50.7 Å². The molecule has 1 nitrogen and oxygen atoms in total. The zero-order valence-electron chi connectivity index (χ0n) is 12.3. The summed E-state index contributed by atoms with van der Waals surface area (Å²) >= 11 is 3.79. The van der Waals surface area contributed by atoms with Crippen molar-refractivity contribution in [1.82, 2.24) is 4.90 Å². The van der Waals surface area contributed by atoms with Crippen LogP contribution in [0.25, 0.3) is 0 Å². The van der Waals surface area contributed by atoms with Gasteiger partial charge in [0.05, 0.1) is 0 Å². The topological polar surface area (TPSA) is 3.24 Å². The molecule has 0 aliphatic carbocycles. The summed E-state index contributed by atoms with van der Waals surface area (Å²) in [5, 5.41) is 1.13. The van der Waals surface area contributed by atoms with Gasteiger partial charge in [-0.2, -0.15) is 0 Å². The van der Waals surface area contributed by atoms with Crippen molar-refractivity contribution >= 4 is 15.9 Å². The molecule has 0 fully saturated rings. The molecular formula is C17H26BrN. The molecule has 0 atom stereocenters. The van der Waals surface area contributed by atoms with E-state index >= 15 is 0 Å². The molecule has 106 valence electrons. The molecule has 0 aromatic heterocycles. The molecular weight excluding hydrogens is 298 g/mol. The highest BCUT2D eigenvalue weighted by atomic mass is 79.9. The Morgan fingerprint density at radius 2 is 1.58 bits per heavy atom. The van der Waals surface area contributed by atoms with E-state index in [1.165, 1.54) is 43.4 Å². The number of nitrogens with zero attached hydrogens (tertiary/aromatic N) is 1. The van der Waals surface area contributed by atoms with Crippen LogP contribution in [0.3, 0.4) is 0 Å². The average Bonchev–Trinajstić information content (AvgIpc) is 2.81. The molecule has 0 N–H and O–H groups in total. The van der Waals surface area contributed by atoms with E-state index in [0.29, 0.717) is 5.41 Å². The van der Waals surface area contributed by atoms with Crippen LogP contribution in [-0.2, 0) is 13.1 Å². The second kappa shape index (κ2) is 6.90. The van der Waals surface area contributed by atoms with Crippen LogP contribution in [0.4, 0.5) is 0 Å². The van der Waals surface area contributed by atoms with Gasteiger partial charge in [-0.25, -0.2) is 0 Å². The first-order chi connectivity index (χ1) is 9.23. The number of rotatable bonds is 7. The predicted octanol–water partition coefficient (Wildman–Crippen LogP) is 4.98. The van der Waals surface area contributed by atoms with Gasteiger partial charge in [-0.1, -0.05) is 66.9 Å². The lowest BCUT2D eigenvalue weighted by Crippen LogP contribution is -2.36. The molecule has 2 rings (SSSR count). The van der Waals surface area contributed by atoms with Gasteiger partial charge >= 0.3 is 0 Å². The van der Waals surface area contributed by atoms with E-state index in [2.05, 4.69) is 58.9 Å². The molecule has 0 spiro atoms. The van der Waals surface area contributed by atoms with Crippen molar-refractivity contribution in [3.05, 3.63) is 35.4 Å². The Morgan fingerprint density at radius 3 is 2.00 bits per heavy atom. The van der Waals surface area contributed by atoms with Gasteiger partial charge in [0.2, 0.25) is 0 Å². The van der Waals surface area contributed by atoms with Crippen LogP contribution in [0.15, 0.2) is 24.3 Å². The highest BCUT2D eigenvalue weighted by Gasteiger charge is 2.31. The van der Waals surface area contributed by atoms with Gasteiger partial charge in [0.15, 0.2) is 0 Å². The minimum Gasteiger partial charge on any atom is -0.294 e. The van der Waals surface area contributed by atoms with Crippen molar-refractivity contribution in [2.75, 3.05) is 11.9 Å². The molecule has 1 aromatic carbocycles. The van der Waals surface area contributed by atoms with Crippen molar-refractivity contribution in [3.63, 3.8) is 0 Å². The zero-order chi connectivity index (χ0) is 13.7. The molecule has 1 aliphatic rings. The van der Waals surface area contributed by atoms with Gasteiger partial charge in [0.1, 0.15) is 0 Å². The average molecular weight is 324 g/mol. The standard InChI is InChI=1S/C17H26BrN/c1-3-9-17(13-18,10-4-2)14-19-11-15-7-5-6-8-16(15)12-19/h5-8H,3-4,9-14H2,1-2H3. The Balaban J connectivity index is 2.03. The van der Waals surface area contributed by atoms with Crippen LogP contribution >= 0.6 is 15.9 Å². The van der Waals surface area contributed by atoms with E-state index in [1.54, 1.807) is 0 Å². The summed E-state index contributed by atoms with van der Waals surface area (Å²) in [6.07, 6.45) is 5.23. The van der Waals surface area contributed by atoms with Crippen LogP contribution in [0.5, 0.6) is 0 Å². The summed E-state index contributed by atoms with van der Waals surface area (Å²) in [6.45, 7) is 8.13. The molecule has 0 bridgehead atoms. The smallest absolute Gasteiger partial charge is 0.0240 e. The highest BCUT2D eigenvalue weighted by Crippen LogP contribution is 2.35. The fourth-order valence-corrected chi connectivity index (χ4v) is 4.25. The molecule has 2 heteroatoms. The molecule has 1 aliphatic heterocycles. The van der Waals surface area contributed by atoms with Crippen molar-refractivity contribution in [3.8, 4) is 0 Å². The first kappa shape index (κ1) is 15.1. The minimum atomic E-state index is 0.464. The van der Waals surface area contributed by atoms with E-state index in [0.717, 1.165) is 18.4 Å². The van der Waals surface area contributed by atoms with Gasteiger partial charge in [0.25, 0.3) is 0 Å². The predicted molar refractivity (Wildman–Crippen MR) is 86.6 cm³/mol. The summed E-state index contributed by atoms with van der Waals surface area (Å²) in [6, 6.07) is 8.89. The van der Waals surface area contributed by atoms with Gasteiger partial charge in [-0.3, -0.25) is 4.90 Å². The Hall–Kier alpha value is -0.340. The zero-order valence-corrected chi connectivity index (χ0v) is 13.9. The van der Waals surface area contributed by atoms with Crippen LogP contribution < -0.4 is 0 Å². The van der Waals surface area contributed by atoms with E-state index in [9.17, 15) is 0 Å². The first-order valence-corrected chi connectivity index (χ1v) is 8.70. The molecule has 0 amide bonds. The summed E-state index contributed by atoms with van der Waals surface area (Å²) in [5.74, 6) is 0. The van der Waals surface area contributed by atoms with Gasteiger partial charge in [0, 0.05) is 25.0 Å². The number of hydrogen-bond acceptors (Lipinski definition) is 1. The van der Waals surface area contributed by atoms with E-state index in [-0.39, 0.29) is 0 Å². The van der Waals surface area contributed by atoms with E-state index in [4.69, 9.17) is 0 Å². The third-order valence-corrected chi connectivity index (χ3v) is 5.50. The van der Waals surface area contributed by atoms with Gasteiger partial charge in [-0.05, 0) is 29.4 Å². The molecule has 1 heterocycles. The summed E-state index contributed by atoms with van der Waals surface area (Å²) in [5.41, 5.74) is 3.52. The molecule has 0 radical (unpaired) electrons. The number of alkyl halides is 1. The van der Waals surface area contributed by atoms with Crippen LogP contribution in [0.2, 0.25) is 0 Å². The highest BCUT2D eigenvalue weighted by molar-refractivity contribution is 9.09. The maximum atomic E-state index is 3.79.